The molecule has 1 atom stereocenters. The van der Waals surface area contributed by atoms with Gasteiger partial charge in [0, 0.05) is 32.1 Å². The summed E-state index contributed by atoms with van der Waals surface area (Å²) in [5.41, 5.74) is -1.91. The highest BCUT2D eigenvalue weighted by Gasteiger charge is 2.29. The number of hydrogen-bond donors (Lipinski definition) is 2. The summed E-state index contributed by atoms with van der Waals surface area (Å²) >= 11 is 0. The summed E-state index contributed by atoms with van der Waals surface area (Å²) in [6, 6.07) is 4.95. The topological polar surface area (TPSA) is 141 Å². The molecule has 0 aliphatic heterocycles. The largest absolute Gasteiger partial charge is 0.453 e. The van der Waals surface area contributed by atoms with Crippen LogP contribution >= 0.6 is 0 Å². The first-order valence-electron chi connectivity index (χ1n) is 15.1. The molecule has 12 nitrogen and oxygen atoms in total. The number of nitrogens with zero attached hydrogens (tertiary/aromatic N) is 3. The summed E-state index contributed by atoms with van der Waals surface area (Å²) in [6.45, 7) is 4.46. The van der Waals surface area contributed by atoms with Crippen LogP contribution in [-0.4, -0.2) is 77.1 Å². The maximum absolute atomic E-state index is 14.6. The van der Waals surface area contributed by atoms with E-state index in [-0.39, 0.29) is 53.1 Å². The zero-order valence-electron chi connectivity index (χ0n) is 27.9. The molecule has 2 N–H and O–H groups in total. The Kier molecular flexibility index (Phi) is 12.4. The molecule has 0 saturated heterocycles. The molecule has 49 heavy (non-hydrogen) atoms. The highest BCUT2D eigenvalue weighted by atomic mass is 19.4. The van der Waals surface area contributed by atoms with Gasteiger partial charge in [-0.15, -0.1) is 0 Å². The lowest BCUT2D eigenvalue weighted by molar-refractivity contribution is -0.134. The van der Waals surface area contributed by atoms with Gasteiger partial charge < -0.3 is 29.6 Å². The Morgan fingerprint density at radius 3 is 2.39 bits per heavy atom. The van der Waals surface area contributed by atoms with Gasteiger partial charge in [-0.05, 0) is 82.0 Å². The number of fused-ring (bicyclic) bond motifs is 1. The van der Waals surface area contributed by atoms with Crippen LogP contribution in [0.25, 0.3) is 10.9 Å². The Balaban J connectivity index is 1.99. The number of benzene rings is 1. The van der Waals surface area contributed by atoms with Crippen LogP contribution in [0, 0.1) is 5.82 Å². The predicted octanol–water partition coefficient (Wildman–Crippen LogP) is 5.36. The number of halogens is 4. The van der Waals surface area contributed by atoms with E-state index in [0.29, 0.717) is 0 Å². The average molecular weight is 694 g/mol. The van der Waals surface area contributed by atoms with Crippen LogP contribution in [0.5, 0.6) is 0 Å². The van der Waals surface area contributed by atoms with Gasteiger partial charge in [-0.3, -0.25) is 14.4 Å². The van der Waals surface area contributed by atoms with Crippen molar-refractivity contribution in [3.63, 3.8) is 0 Å². The van der Waals surface area contributed by atoms with Crippen molar-refractivity contribution in [3.8, 4) is 0 Å². The fourth-order valence-electron chi connectivity index (χ4n) is 4.77. The van der Waals surface area contributed by atoms with Crippen molar-refractivity contribution in [1.29, 1.82) is 0 Å². The predicted molar refractivity (Wildman–Crippen MR) is 173 cm³/mol. The summed E-state index contributed by atoms with van der Waals surface area (Å²) < 4.78 is 66.3. The number of carbonyl (C=O) groups excluding carboxylic acids is 4. The van der Waals surface area contributed by atoms with E-state index in [1.54, 1.807) is 34.9 Å². The van der Waals surface area contributed by atoms with Crippen LogP contribution < -0.4 is 16.2 Å². The highest BCUT2D eigenvalue weighted by Crippen LogP contribution is 2.30. The van der Waals surface area contributed by atoms with E-state index >= 15 is 0 Å². The summed E-state index contributed by atoms with van der Waals surface area (Å²) in [6.07, 6.45) is -3.83. The zero-order valence-corrected chi connectivity index (χ0v) is 27.9. The third-order valence-electron chi connectivity index (χ3n) is 7.00. The Labute approximate surface area is 279 Å². The molecule has 0 aliphatic rings. The van der Waals surface area contributed by atoms with Crippen molar-refractivity contribution < 1.29 is 46.2 Å². The van der Waals surface area contributed by atoms with Gasteiger partial charge in [-0.2, -0.15) is 13.2 Å². The molecule has 3 aromatic rings. The lowest BCUT2D eigenvalue weighted by Crippen LogP contribution is -2.44. The number of likely N-dealkylation sites (N-methyl/N-ethyl adjacent to an activating group) is 1. The second kappa shape index (κ2) is 15.8. The third-order valence-corrected chi connectivity index (χ3v) is 7.00. The number of alkyl halides is 3. The van der Waals surface area contributed by atoms with Crippen molar-refractivity contribution in [2.24, 2.45) is 0 Å². The van der Waals surface area contributed by atoms with Crippen LogP contribution in [0.3, 0.4) is 0 Å². The lowest BCUT2D eigenvalue weighted by atomic mass is 10.1. The minimum Gasteiger partial charge on any atom is -0.453 e. The van der Waals surface area contributed by atoms with Crippen LogP contribution in [-0.2, 0) is 32.0 Å². The number of carbonyl (C=O) groups is 4. The molecule has 0 unspecified atom stereocenters. The number of ether oxygens (including phenoxy) is 2. The first-order chi connectivity index (χ1) is 22.8. The molecule has 1 aromatic carbocycles. The number of rotatable bonds is 11. The Hall–Kier alpha value is -5.15. The monoisotopic (exact) mass is 693 g/mol. The molecular formula is C33H39F4N5O7. The van der Waals surface area contributed by atoms with Gasteiger partial charge in [0.15, 0.2) is 0 Å². The van der Waals surface area contributed by atoms with Crippen molar-refractivity contribution >= 4 is 40.6 Å². The van der Waals surface area contributed by atoms with E-state index in [9.17, 15) is 41.5 Å². The number of methoxy groups -OCH3 is 1. The zero-order chi connectivity index (χ0) is 36.7. The number of amides is 3. The van der Waals surface area contributed by atoms with Gasteiger partial charge in [0.2, 0.25) is 11.8 Å². The minimum atomic E-state index is -4.55. The first-order valence-corrected chi connectivity index (χ1v) is 15.1. The molecule has 266 valence electrons. The second-order valence-corrected chi connectivity index (χ2v) is 12.3. The smallest absolute Gasteiger partial charge is 0.419 e. The number of aryl methyl sites for hydroxylation is 1. The van der Waals surface area contributed by atoms with Crippen LogP contribution in [0.4, 0.5) is 32.8 Å². The number of aromatic nitrogens is 2. The van der Waals surface area contributed by atoms with Crippen LogP contribution in [0.2, 0.25) is 0 Å². The Morgan fingerprint density at radius 2 is 1.78 bits per heavy atom. The minimum absolute atomic E-state index is 0.00506. The van der Waals surface area contributed by atoms with Gasteiger partial charge in [0.1, 0.15) is 23.1 Å². The lowest BCUT2D eigenvalue weighted by Gasteiger charge is -2.22. The van der Waals surface area contributed by atoms with E-state index < -0.39 is 60.1 Å². The average Bonchev–Trinajstić information content (AvgIpc) is 3.35. The number of pyridine rings is 1. The molecule has 0 bridgehead atoms. The van der Waals surface area contributed by atoms with E-state index in [0.717, 1.165) is 28.4 Å². The van der Waals surface area contributed by atoms with Crippen molar-refractivity contribution in [1.82, 2.24) is 19.4 Å². The first kappa shape index (κ1) is 38.3. The molecule has 0 aliphatic carbocycles. The SMILES string of the molecule is COC(=O)N[C@@H](CC/C=C/C(=O)N(C)C)C(=O)Nc1cccn(Cc2cc3cc(F)cc(CCC(F)(F)F)c3n2C(=O)OC(C)(C)C)c1=O. The summed E-state index contributed by atoms with van der Waals surface area (Å²) in [4.78, 5) is 65.3. The molecule has 0 radical (unpaired) electrons. The van der Waals surface area contributed by atoms with Gasteiger partial charge in [-0.1, -0.05) is 6.08 Å². The fourth-order valence-corrected chi connectivity index (χ4v) is 4.77. The Morgan fingerprint density at radius 1 is 1.08 bits per heavy atom. The van der Waals surface area contributed by atoms with Crippen molar-refractivity contribution in [2.45, 2.75) is 70.8 Å². The standard InChI is InChI=1S/C33H39F4N5O7/c1-32(2,3)49-31(47)42-23(18-21-17-22(34)16-20(27(21)42)13-14-33(35,36)37)19-41-15-9-11-25(29(41)45)38-28(44)24(39-30(46)48-6)10-7-8-12-26(43)40(4)5/h8-9,11-12,15-18,24H,7,10,13-14,19H2,1-6H3,(H,38,44)(H,39,46)/b12-8+/t24-/m0/s1. The van der Waals surface area contributed by atoms with Crippen molar-refractivity contribution in [3.05, 3.63) is 76.1 Å². The molecule has 2 aromatic heterocycles. The van der Waals surface area contributed by atoms with Crippen LogP contribution in [0.15, 0.2) is 53.5 Å². The molecule has 16 heteroatoms. The van der Waals surface area contributed by atoms with Crippen molar-refractivity contribution in [2.75, 3.05) is 26.5 Å². The summed E-state index contributed by atoms with van der Waals surface area (Å²) in [5, 5.41) is 4.99. The van der Waals surface area contributed by atoms with Gasteiger partial charge in [0.25, 0.3) is 5.56 Å². The number of anilines is 1. The van der Waals surface area contributed by atoms with Crippen LogP contribution in [0.1, 0.15) is 51.3 Å². The highest BCUT2D eigenvalue weighted by molar-refractivity contribution is 5.96. The van der Waals surface area contributed by atoms with E-state index in [1.807, 2.05) is 0 Å². The normalized spacial score (nSPS) is 12.5. The summed E-state index contributed by atoms with van der Waals surface area (Å²) in [5.74, 6) is -1.85. The quantitative estimate of drug-likeness (QED) is 0.204. The van der Waals surface area contributed by atoms with Gasteiger partial charge in [-0.25, -0.2) is 18.5 Å². The molecule has 0 spiro atoms. The Bertz CT molecular complexity index is 1790. The molecular weight excluding hydrogens is 654 g/mol. The maximum Gasteiger partial charge on any atom is 0.419 e. The van der Waals surface area contributed by atoms with E-state index in [4.69, 9.17) is 4.74 Å². The third kappa shape index (κ3) is 10.9. The van der Waals surface area contributed by atoms with Gasteiger partial charge in [0.05, 0.1) is 24.9 Å². The summed E-state index contributed by atoms with van der Waals surface area (Å²) in [7, 11) is 4.25. The van der Waals surface area contributed by atoms with E-state index in [2.05, 4.69) is 15.4 Å². The number of allylic oxidation sites excluding steroid dienone is 1. The number of hydrogen-bond acceptors (Lipinski definition) is 7. The second-order valence-electron chi connectivity index (χ2n) is 12.3. The molecule has 3 amide bonds. The number of alkyl carbamates (subject to hydrolysis) is 1. The molecule has 2 heterocycles. The molecule has 3 rings (SSSR count). The number of nitrogens with one attached hydrogen (secondary N) is 2. The molecule has 0 saturated carbocycles. The van der Waals surface area contributed by atoms with E-state index in [1.165, 1.54) is 41.4 Å². The fraction of sp³-hybridized carbons (Fsp3) is 0.424. The van der Waals surface area contributed by atoms with Gasteiger partial charge >= 0.3 is 18.4 Å². The maximum atomic E-state index is 14.6. The molecule has 0 fully saturated rings.